The zero-order valence-corrected chi connectivity index (χ0v) is 8.52. The predicted molar refractivity (Wildman–Crippen MR) is 57.6 cm³/mol. The number of hydrogen-bond donors (Lipinski definition) is 0. The summed E-state index contributed by atoms with van der Waals surface area (Å²) in [6.07, 6.45) is 13.2. The molecule has 2 fully saturated rings. The third-order valence-corrected chi connectivity index (χ3v) is 4.34. The first kappa shape index (κ1) is 8.56. The average molecular weight is 187 g/mol. The highest BCUT2D eigenvalue weighted by Gasteiger charge is 2.45. The molecular weight excluding hydrogens is 170 g/mol. The van der Waals surface area contributed by atoms with Crippen LogP contribution in [-0.2, 0) is 0 Å². The van der Waals surface area contributed by atoms with Crippen molar-refractivity contribution in [1.82, 2.24) is 4.90 Å². The van der Waals surface area contributed by atoms with E-state index in [1.807, 2.05) is 0 Å². The maximum absolute atomic E-state index is 5.38. The minimum Gasteiger partial charge on any atom is -0.292 e. The first-order valence-corrected chi connectivity index (χ1v) is 5.72. The summed E-state index contributed by atoms with van der Waals surface area (Å²) in [4.78, 5) is 2.47. The summed E-state index contributed by atoms with van der Waals surface area (Å²) in [7, 11) is 0. The van der Waals surface area contributed by atoms with Crippen molar-refractivity contribution in [2.24, 2.45) is 23.7 Å². The molecule has 0 spiro atoms. The van der Waals surface area contributed by atoms with Crippen LogP contribution in [0.25, 0.3) is 0 Å². The highest BCUT2D eigenvalue weighted by atomic mass is 15.2. The number of rotatable bonds is 1. The van der Waals surface area contributed by atoms with Gasteiger partial charge in [-0.25, -0.2) is 0 Å². The number of fused-ring (bicyclic) bond motifs is 1. The van der Waals surface area contributed by atoms with Gasteiger partial charge in [-0.15, -0.1) is 6.42 Å². The SMILES string of the molecule is C#CCN1CC2C3C=CC(CC3)C2C1. The molecule has 0 aromatic carbocycles. The van der Waals surface area contributed by atoms with E-state index >= 15 is 0 Å². The van der Waals surface area contributed by atoms with E-state index < -0.39 is 0 Å². The molecule has 1 aliphatic heterocycles. The molecule has 1 nitrogen and oxygen atoms in total. The molecule has 3 aliphatic carbocycles. The molecule has 1 saturated carbocycles. The molecule has 4 rings (SSSR count). The third kappa shape index (κ3) is 1.14. The Kier molecular flexibility index (Phi) is 1.92. The van der Waals surface area contributed by atoms with Crippen LogP contribution in [0.3, 0.4) is 0 Å². The van der Waals surface area contributed by atoms with Crippen molar-refractivity contribution in [2.75, 3.05) is 19.6 Å². The van der Waals surface area contributed by atoms with Crippen molar-refractivity contribution in [2.45, 2.75) is 12.8 Å². The summed E-state index contributed by atoms with van der Waals surface area (Å²) in [6, 6.07) is 0. The van der Waals surface area contributed by atoms with E-state index in [0.717, 1.165) is 30.2 Å². The van der Waals surface area contributed by atoms with E-state index in [1.165, 1.54) is 25.9 Å². The van der Waals surface area contributed by atoms with Crippen molar-refractivity contribution in [3.8, 4) is 12.3 Å². The number of likely N-dealkylation sites (tertiary alicyclic amines) is 1. The van der Waals surface area contributed by atoms with Gasteiger partial charge in [0.25, 0.3) is 0 Å². The molecule has 4 aliphatic rings. The predicted octanol–water partition coefficient (Wildman–Crippen LogP) is 1.76. The van der Waals surface area contributed by atoms with Gasteiger partial charge in [0.2, 0.25) is 0 Å². The lowest BCUT2D eigenvalue weighted by Crippen LogP contribution is -2.35. The lowest BCUT2D eigenvalue weighted by atomic mass is 9.64. The zero-order chi connectivity index (χ0) is 9.54. The largest absolute Gasteiger partial charge is 0.292 e. The minimum absolute atomic E-state index is 0.854. The van der Waals surface area contributed by atoms with Crippen LogP contribution in [-0.4, -0.2) is 24.5 Å². The zero-order valence-electron chi connectivity index (χ0n) is 8.52. The van der Waals surface area contributed by atoms with E-state index in [1.54, 1.807) is 0 Å². The monoisotopic (exact) mass is 187 g/mol. The molecule has 1 saturated heterocycles. The van der Waals surface area contributed by atoms with Crippen LogP contribution < -0.4 is 0 Å². The Hall–Kier alpha value is -0.740. The molecule has 4 unspecified atom stereocenters. The Balaban J connectivity index is 1.78. The van der Waals surface area contributed by atoms with Gasteiger partial charge in [0, 0.05) is 13.1 Å². The second kappa shape index (κ2) is 3.14. The maximum Gasteiger partial charge on any atom is 0.0599 e. The summed E-state index contributed by atoms with van der Waals surface area (Å²) < 4.78 is 0. The van der Waals surface area contributed by atoms with E-state index in [2.05, 4.69) is 23.0 Å². The normalized spacial score (nSPS) is 45.1. The number of terminal acetylenes is 1. The van der Waals surface area contributed by atoms with E-state index in [9.17, 15) is 0 Å². The first-order valence-electron chi connectivity index (χ1n) is 5.72. The molecule has 2 bridgehead atoms. The second-order valence-electron chi connectivity index (χ2n) is 5.02. The Morgan fingerprint density at radius 1 is 1.14 bits per heavy atom. The van der Waals surface area contributed by atoms with Crippen LogP contribution in [0.15, 0.2) is 12.2 Å². The molecule has 0 aromatic heterocycles. The maximum atomic E-state index is 5.38. The van der Waals surface area contributed by atoms with Crippen molar-refractivity contribution >= 4 is 0 Å². The summed E-state index contributed by atoms with van der Waals surface area (Å²) in [5.74, 6) is 6.36. The van der Waals surface area contributed by atoms with Crippen LogP contribution in [0.1, 0.15) is 12.8 Å². The van der Waals surface area contributed by atoms with E-state index in [-0.39, 0.29) is 0 Å². The Morgan fingerprint density at radius 2 is 1.71 bits per heavy atom. The van der Waals surface area contributed by atoms with Gasteiger partial charge in [-0.05, 0) is 36.5 Å². The van der Waals surface area contributed by atoms with Crippen LogP contribution in [0, 0.1) is 36.0 Å². The molecule has 0 radical (unpaired) electrons. The van der Waals surface area contributed by atoms with Gasteiger partial charge >= 0.3 is 0 Å². The van der Waals surface area contributed by atoms with Gasteiger partial charge in [-0.1, -0.05) is 18.1 Å². The van der Waals surface area contributed by atoms with Crippen LogP contribution in [0.4, 0.5) is 0 Å². The van der Waals surface area contributed by atoms with Gasteiger partial charge < -0.3 is 0 Å². The summed E-state index contributed by atoms with van der Waals surface area (Å²) >= 11 is 0. The summed E-state index contributed by atoms with van der Waals surface area (Å²) in [5.41, 5.74) is 0. The van der Waals surface area contributed by atoms with Gasteiger partial charge in [-0.3, -0.25) is 4.90 Å². The van der Waals surface area contributed by atoms with Gasteiger partial charge in [0.15, 0.2) is 0 Å². The number of hydrogen-bond acceptors (Lipinski definition) is 1. The molecule has 14 heavy (non-hydrogen) atoms. The lowest BCUT2D eigenvalue weighted by molar-refractivity contribution is 0.169. The van der Waals surface area contributed by atoms with Crippen molar-refractivity contribution in [3.05, 3.63) is 12.2 Å². The van der Waals surface area contributed by atoms with Crippen molar-refractivity contribution < 1.29 is 0 Å². The summed E-state index contributed by atoms with van der Waals surface area (Å²) in [6.45, 7) is 3.35. The molecule has 0 amide bonds. The lowest BCUT2D eigenvalue weighted by Gasteiger charge is -2.40. The number of nitrogens with zero attached hydrogens (tertiary/aromatic N) is 1. The molecule has 0 aromatic rings. The van der Waals surface area contributed by atoms with Crippen LogP contribution in [0.2, 0.25) is 0 Å². The van der Waals surface area contributed by atoms with Crippen LogP contribution >= 0.6 is 0 Å². The highest BCUT2D eigenvalue weighted by molar-refractivity contribution is 5.13. The Labute approximate surface area is 86.2 Å². The highest BCUT2D eigenvalue weighted by Crippen LogP contribution is 2.48. The minimum atomic E-state index is 0.854. The van der Waals surface area contributed by atoms with Crippen molar-refractivity contribution in [3.63, 3.8) is 0 Å². The molecular formula is C13H17N. The molecule has 0 N–H and O–H groups in total. The molecule has 1 heterocycles. The molecule has 4 atom stereocenters. The first-order chi connectivity index (χ1) is 6.88. The molecule has 74 valence electrons. The topological polar surface area (TPSA) is 3.24 Å². The van der Waals surface area contributed by atoms with Gasteiger partial charge in [0.05, 0.1) is 6.54 Å². The quantitative estimate of drug-likeness (QED) is 0.446. The average Bonchev–Trinajstić information content (AvgIpc) is 2.65. The number of allylic oxidation sites excluding steroid dienone is 2. The fourth-order valence-electron chi connectivity index (χ4n) is 3.68. The van der Waals surface area contributed by atoms with Gasteiger partial charge in [-0.2, -0.15) is 0 Å². The smallest absolute Gasteiger partial charge is 0.0599 e. The van der Waals surface area contributed by atoms with Crippen LogP contribution in [0.5, 0.6) is 0 Å². The van der Waals surface area contributed by atoms with Crippen molar-refractivity contribution in [1.29, 1.82) is 0 Å². The standard InChI is InChI=1S/C13H17N/c1-2-7-14-8-12-10-3-4-11(6-5-10)13(12)9-14/h1,3-4,10-13H,5-9H2. The second-order valence-corrected chi connectivity index (χ2v) is 5.02. The van der Waals surface area contributed by atoms with Gasteiger partial charge in [0.1, 0.15) is 0 Å². The van der Waals surface area contributed by atoms with E-state index in [4.69, 9.17) is 6.42 Å². The third-order valence-electron chi connectivity index (χ3n) is 4.34. The summed E-state index contributed by atoms with van der Waals surface area (Å²) in [5, 5.41) is 0. The fourth-order valence-corrected chi connectivity index (χ4v) is 3.68. The Bertz CT molecular complexity index is 277. The fraction of sp³-hybridized carbons (Fsp3) is 0.692. The van der Waals surface area contributed by atoms with E-state index in [0.29, 0.717) is 0 Å². The molecule has 1 heteroatoms. The Morgan fingerprint density at radius 3 is 2.14 bits per heavy atom.